The molecule has 0 saturated heterocycles. The van der Waals surface area contributed by atoms with Gasteiger partial charge in [0.1, 0.15) is 0 Å². The van der Waals surface area contributed by atoms with Gasteiger partial charge in [-0.05, 0) is 26.8 Å². The number of halogens is 1. The van der Waals surface area contributed by atoms with E-state index in [1.165, 1.54) is 17.1 Å². The van der Waals surface area contributed by atoms with Crippen molar-refractivity contribution in [1.29, 1.82) is 0 Å². The summed E-state index contributed by atoms with van der Waals surface area (Å²) in [6, 6.07) is 1.81. The number of nitrogens with zero attached hydrogens (tertiary/aromatic N) is 7. The Morgan fingerprint density at radius 3 is 2.84 bits per heavy atom. The summed E-state index contributed by atoms with van der Waals surface area (Å²) in [5.41, 5.74) is 5.59. The first kappa shape index (κ1) is 16.7. The molecule has 0 radical (unpaired) electrons. The third-order valence-corrected chi connectivity index (χ3v) is 3.67. The molecule has 0 aliphatic carbocycles. The first-order valence-electron chi connectivity index (χ1n) is 8.00. The minimum atomic E-state index is -0.426. The van der Waals surface area contributed by atoms with Gasteiger partial charge in [-0.3, -0.25) is 4.68 Å². The minimum absolute atomic E-state index is 0.297. The Hall–Kier alpha value is -3.10. The van der Waals surface area contributed by atoms with Gasteiger partial charge in [-0.25, -0.2) is 20.1 Å². The van der Waals surface area contributed by atoms with E-state index < -0.39 is 5.95 Å². The van der Waals surface area contributed by atoms with Gasteiger partial charge in [0, 0.05) is 31.0 Å². The molecular weight excluding hydrogens is 323 g/mol. The van der Waals surface area contributed by atoms with Crippen molar-refractivity contribution in [3.05, 3.63) is 41.9 Å². The molecule has 0 unspecified atom stereocenters. The van der Waals surface area contributed by atoms with Crippen molar-refractivity contribution in [1.82, 2.24) is 29.5 Å². The summed E-state index contributed by atoms with van der Waals surface area (Å²) in [6.07, 6.45) is 6.35. The van der Waals surface area contributed by atoms with E-state index in [1.807, 2.05) is 37.7 Å². The van der Waals surface area contributed by atoms with Gasteiger partial charge >= 0.3 is 0 Å². The SMILES string of the molecule is CCn1cc(-c2ccnc(NN=Cc3cnn(CC)c3F)n2)c(C)n1. The zero-order valence-electron chi connectivity index (χ0n) is 14.3. The highest BCUT2D eigenvalue weighted by atomic mass is 19.1. The Bertz CT molecular complexity index is 895. The van der Waals surface area contributed by atoms with Crippen molar-refractivity contribution < 1.29 is 4.39 Å². The Morgan fingerprint density at radius 2 is 2.16 bits per heavy atom. The number of anilines is 1. The Kier molecular flexibility index (Phi) is 4.82. The molecule has 0 atom stereocenters. The summed E-state index contributed by atoms with van der Waals surface area (Å²) >= 11 is 0. The fraction of sp³-hybridized carbons (Fsp3) is 0.312. The molecule has 3 aromatic rings. The average molecular weight is 342 g/mol. The molecule has 0 aromatic carbocycles. The lowest BCUT2D eigenvalue weighted by Gasteiger charge is -2.01. The van der Waals surface area contributed by atoms with Crippen LogP contribution in [0.2, 0.25) is 0 Å². The summed E-state index contributed by atoms with van der Waals surface area (Å²) < 4.78 is 17.0. The predicted octanol–water partition coefficient (Wildman–Crippen LogP) is 2.47. The van der Waals surface area contributed by atoms with Gasteiger partial charge in [0.05, 0.1) is 29.4 Å². The molecule has 0 fully saturated rings. The second kappa shape index (κ2) is 7.20. The summed E-state index contributed by atoms with van der Waals surface area (Å²) in [4.78, 5) is 8.54. The van der Waals surface area contributed by atoms with Gasteiger partial charge in [0.15, 0.2) is 0 Å². The number of rotatable bonds is 6. The molecule has 1 N–H and O–H groups in total. The molecule has 3 rings (SSSR count). The van der Waals surface area contributed by atoms with E-state index in [2.05, 4.69) is 30.7 Å². The summed E-state index contributed by atoms with van der Waals surface area (Å²) in [5, 5.41) is 12.3. The second-order valence-corrected chi connectivity index (χ2v) is 5.33. The van der Waals surface area contributed by atoms with Gasteiger partial charge in [-0.2, -0.15) is 19.7 Å². The molecule has 0 spiro atoms. The molecule has 0 aliphatic rings. The molecule has 3 aromatic heterocycles. The largest absolute Gasteiger partial charge is 0.272 e. The van der Waals surface area contributed by atoms with Crippen molar-refractivity contribution in [2.24, 2.45) is 5.10 Å². The molecule has 3 heterocycles. The van der Waals surface area contributed by atoms with Crippen LogP contribution in [0.3, 0.4) is 0 Å². The lowest BCUT2D eigenvalue weighted by Crippen LogP contribution is -2.01. The fourth-order valence-corrected chi connectivity index (χ4v) is 2.35. The van der Waals surface area contributed by atoms with Crippen LogP contribution in [0.25, 0.3) is 11.3 Å². The highest BCUT2D eigenvalue weighted by Gasteiger charge is 2.09. The van der Waals surface area contributed by atoms with Crippen molar-refractivity contribution in [3.63, 3.8) is 0 Å². The van der Waals surface area contributed by atoms with Gasteiger partial charge in [-0.1, -0.05) is 0 Å². The minimum Gasteiger partial charge on any atom is -0.272 e. The van der Waals surface area contributed by atoms with Crippen LogP contribution in [0.15, 0.2) is 29.8 Å². The molecular formula is C16H19FN8. The van der Waals surface area contributed by atoms with Crippen LogP contribution in [-0.2, 0) is 13.1 Å². The second-order valence-electron chi connectivity index (χ2n) is 5.33. The van der Waals surface area contributed by atoms with Crippen molar-refractivity contribution >= 4 is 12.2 Å². The van der Waals surface area contributed by atoms with Crippen LogP contribution < -0.4 is 5.43 Å². The lowest BCUT2D eigenvalue weighted by molar-refractivity contribution is 0.470. The summed E-state index contributed by atoms with van der Waals surface area (Å²) in [6.45, 7) is 7.03. The predicted molar refractivity (Wildman–Crippen MR) is 92.7 cm³/mol. The van der Waals surface area contributed by atoms with Crippen molar-refractivity contribution in [3.8, 4) is 11.3 Å². The Balaban J connectivity index is 1.76. The maximum Gasteiger partial charge on any atom is 0.244 e. The summed E-state index contributed by atoms with van der Waals surface area (Å²) in [5.74, 6) is -0.106. The highest BCUT2D eigenvalue weighted by Crippen LogP contribution is 2.20. The Morgan fingerprint density at radius 1 is 1.32 bits per heavy atom. The molecule has 0 aliphatic heterocycles. The lowest BCUT2D eigenvalue weighted by atomic mass is 10.2. The third kappa shape index (κ3) is 3.54. The number of aromatic nitrogens is 6. The summed E-state index contributed by atoms with van der Waals surface area (Å²) in [7, 11) is 0. The van der Waals surface area contributed by atoms with Crippen LogP contribution in [0.5, 0.6) is 0 Å². The number of hydrazone groups is 1. The quantitative estimate of drug-likeness (QED) is 0.549. The standard InChI is InChI=1S/C16H19FN8/c1-4-24-10-13(11(3)23-24)14-6-7-18-16(21-14)22-19-8-12-9-20-25(5-2)15(12)17/h6-10H,4-5H2,1-3H3,(H,18,21,22). The normalized spacial score (nSPS) is 11.4. The zero-order valence-corrected chi connectivity index (χ0v) is 14.3. The molecule has 0 amide bonds. The van der Waals surface area contributed by atoms with E-state index in [1.54, 1.807) is 6.20 Å². The molecule has 0 saturated carbocycles. The maximum absolute atomic E-state index is 13.9. The van der Waals surface area contributed by atoms with Crippen LogP contribution in [0.1, 0.15) is 25.1 Å². The van der Waals surface area contributed by atoms with Gasteiger partial charge in [0.2, 0.25) is 11.9 Å². The number of nitrogens with one attached hydrogen (secondary N) is 1. The van der Waals surface area contributed by atoms with E-state index in [0.717, 1.165) is 23.5 Å². The molecule has 0 bridgehead atoms. The Labute approximate surface area is 144 Å². The average Bonchev–Trinajstić information content (AvgIpc) is 3.18. The number of hydrogen-bond donors (Lipinski definition) is 1. The van der Waals surface area contributed by atoms with Gasteiger partial charge < -0.3 is 0 Å². The van der Waals surface area contributed by atoms with E-state index >= 15 is 0 Å². The van der Waals surface area contributed by atoms with Gasteiger partial charge in [0.25, 0.3) is 0 Å². The topological polar surface area (TPSA) is 85.8 Å². The fourth-order valence-electron chi connectivity index (χ4n) is 2.35. The van der Waals surface area contributed by atoms with Crippen LogP contribution in [0.4, 0.5) is 10.3 Å². The number of aryl methyl sites for hydroxylation is 3. The molecule has 130 valence electrons. The molecule has 8 nitrogen and oxygen atoms in total. The smallest absolute Gasteiger partial charge is 0.244 e. The first-order valence-corrected chi connectivity index (χ1v) is 8.00. The number of hydrogen-bond acceptors (Lipinski definition) is 6. The third-order valence-electron chi connectivity index (χ3n) is 3.67. The van der Waals surface area contributed by atoms with Crippen LogP contribution >= 0.6 is 0 Å². The van der Waals surface area contributed by atoms with Crippen molar-refractivity contribution in [2.75, 3.05) is 5.43 Å². The highest BCUT2D eigenvalue weighted by molar-refractivity contribution is 5.79. The zero-order chi connectivity index (χ0) is 17.8. The van der Waals surface area contributed by atoms with E-state index in [4.69, 9.17) is 0 Å². The van der Waals surface area contributed by atoms with E-state index in [0.29, 0.717) is 18.1 Å². The maximum atomic E-state index is 13.9. The first-order chi connectivity index (χ1) is 12.1. The monoisotopic (exact) mass is 342 g/mol. The van der Waals surface area contributed by atoms with Crippen LogP contribution in [-0.4, -0.2) is 35.7 Å². The van der Waals surface area contributed by atoms with Gasteiger partial charge in [-0.15, -0.1) is 0 Å². The van der Waals surface area contributed by atoms with E-state index in [-0.39, 0.29) is 0 Å². The van der Waals surface area contributed by atoms with Crippen molar-refractivity contribution in [2.45, 2.75) is 33.9 Å². The molecule has 9 heteroatoms. The van der Waals surface area contributed by atoms with E-state index in [9.17, 15) is 4.39 Å². The van der Waals surface area contributed by atoms with Crippen LogP contribution in [0, 0.1) is 12.9 Å². The molecule has 25 heavy (non-hydrogen) atoms.